The molecule has 184 valence electrons. The summed E-state index contributed by atoms with van der Waals surface area (Å²) in [5, 5.41) is 0.790. The third-order valence-corrected chi connectivity index (χ3v) is 7.62. The Hall–Kier alpha value is -2.06. The molecule has 3 heteroatoms. The van der Waals surface area contributed by atoms with Gasteiger partial charge in [0.2, 0.25) is 0 Å². The molecule has 0 bridgehead atoms. The quantitative estimate of drug-likeness (QED) is 0.289. The van der Waals surface area contributed by atoms with Gasteiger partial charge in [-0.15, -0.1) is 0 Å². The minimum absolute atomic E-state index is 0.165. The highest BCUT2D eigenvalue weighted by molar-refractivity contribution is 6.32. The first-order valence-corrected chi connectivity index (χ1v) is 13.4. The van der Waals surface area contributed by atoms with Crippen molar-refractivity contribution >= 4 is 22.9 Å². The zero-order chi connectivity index (χ0) is 24.5. The number of hydrogen-bond acceptors (Lipinski definition) is 1. The van der Waals surface area contributed by atoms with E-state index in [0.29, 0.717) is 5.92 Å². The number of halogens is 2. The molecule has 0 N–H and O–H groups in total. The zero-order valence-electron chi connectivity index (χ0n) is 21.3. The first kappa shape index (κ1) is 26.5. The Morgan fingerprint density at radius 2 is 1.74 bits per heavy atom. The maximum Gasteiger partial charge on any atom is 0.123 e. The second kappa shape index (κ2) is 13.1. The maximum absolute atomic E-state index is 13.2. The minimum atomic E-state index is -0.165. The highest BCUT2D eigenvalue weighted by atomic mass is 35.5. The summed E-state index contributed by atoms with van der Waals surface area (Å²) >= 11 is 6.74. The molecule has 0 aliphatic carbocycles. The van der Waals surface area contributed by atoms with Crippen molar-refractivity contribution in [2.75, 3.05) is 13.1 Å². The number of benzene rings is 2. The number of unbranched alkanes of at least 4 members (excludes halogenated alkanes) is 4. The lowest BCUT2D eigenvalue weighted by Gasteiger charge is -2.35. The molecular weight excluding hydrogens is 441 g/mol. The predicted molar refractivity (Wildman–Crippen MR) is 147 cm³/mol. The molecule has 0 aromatic heterocycles. The lowest BCUT2D eigenvalue weighted by atomic mass is 9.89. The molecule has 0 spiro atoms. The fourth-order valence-electron chi connectivity index (χ4n) is 5.12. The topological polar surface area (TPSA) is 3.24 Å². The predicted octanol–water partition coefficient (Wildman–Crippen LogP) is 9.48. The second-order valence-electron chi connectivity index (χ2n) is 9.83. The number of hydrogen-bond donors (Lipinski definition) is 0. The Kier molecular flexibility index (Phi) is 10.3. The van der Waals surface area contributed by atoms with Crippen LogP contribution in [0.5, 0.6) is 0 Å². The van der Waals surface area contributed by atoms with Crippen LogP contribution in [0.25, 0.3) is 11.3 Å². The van der Waals surface area contributed by atoms with Gasteiger partial charge in [-0.05, 0) is 98.4 Å². The summed E-state index contributed by atoms with van der Waals surface area (Å²) in [6, 6.07) is 11.3. The van der Waals surface area contributed by atoms with Crippen LogP contribution < -0.4 is 0 Å². The van der Waals surface area contributed by atoms with Gasteiger partial charge in [-0.3, -0.25) is 0 Å². The number of likely N-dealkylation sites (tertiary alicyclic amines) is 1. The van der Waals surface area contributed by atoms with E-state index in [4.69, 9.17) is 11.6 Å². The molecular formula is C31H41ClFN. The number of rotatable bonds is 11. The van der Waals surface area contributed by atoms with Crippen LogP contribution in [-0.4, -0.2) is 18.0 Å². The summed E-state index contributed by atoms with van der Waals surface area (Å²) < 4.78 is 13.2. The fourth-order valence-corrected chi connectivity index (χ4v) is 5.45. The van der Waals surface area contributed by atoms with Crippen molar-refractivity contribution in [1.82, 2.24) is 4.90 Å². The molecule has 1 saturated heterocycles. The second-order valence-corrected chi connectivity index (χ2v) is 10.2. The van der Waals surface area contributed by atoms with Crippen molar-refractivity contribution in [3.63, 3.8) is 0 Å². The maximum atomic E-state index is 13.2. The van der Waals surface area contributed by atoms with E-state index >= 15 is 0 Å². The normalized spacial score (nSPS) is 15.1. The molecule has 0 unspecified atom stereocenters. The average Bonchev–Trinajstić information content (AvgIpc) is 2.83. The summed E-state index contributed by atoms with van der Waals surface area (Å²) in [4.78, 5) is 2.39. The van der Waals surface area contributed by atoms with Crippen molar-refractivity contribution < 1.29 is 4.39 Å². The Morgan fingerprint density at radius 3 is 2.38 bits per heavy atom. The third-order valence-electron chi connectivity index (χ3n) is 7.30. The summed E-state index contributed by atoms with van der Waals surface area (Å²) in [5.41, 5.74) is 7.27. The van der Waals surface area contributed by atoms with Crippen molar-refractivity contribution in [3.8, 4) is 0 Å². The van der Waals surface area contributed by atoms with E-state index in [1.165, 1.54) is 54.4 Å². The van der Waals surface area contributed by atoms with Gasteiger partial charge in [-0.1, -0.05) is 69.0 Å². The van der Waals surface area contributed by atoms with E-state index in [2.05, 4.69) is 50.5 Å². The molecule has 2 aromatic carbocycles. The first-order valence-electron chi connectivity index (χ1n) is 13.1. The molecule has 0 saturated carbocycles. The van der Waals surface area contributed by atoms with E-state index in [1.54, 1.807) is 12.1 Å². The first-order chi connectivity index (χ1) is 16.4. The molecule has 34 heavy (non-hydrogen) atoms. The van der Waals surface area contributed by atoms with Crippen LogP contribution in [0.4, 0.5) is 4.39 Å². The highest BCUT2D eigenvalue weighted by Crippen LogP contribution is 2.35. The Labute approximate surface area is 211 Å². The van der Waals surface area contributed by atoms with Gasteiger partial charge in [0.15, 0.2) is 0 Å². The van der Waals surface area contributed by atoms with Crippen molar-refractivity contribution in [2.45, 2.75) is 78.6 Å². The van der Waals surface area contributed by atoms with E-state index in [9.17, 15) is 4.39 Å². The van der Waals surface area contributed by atoms with Gasteiger partial charge in [-0.2, -0.15) is 0 Å². The molecule has 1 heterocycles. The molecule has 1 fully saturated rings. The van der Waals surface area contributed by atoms with Crippen molar-refractivity contribution in [3.05, 3.63) is 82.1 Å². The van der Waals surface area contributed by atoms with Gasteiger partial charge >= 0.3 is 0 Å². The number of allylic oxidation sites excluding steroid dienone is 2. The van der Waals surface area contributed by atoms with Crippen molar-refractivity contribution in [2.24, 2.45) is 5.92 Å². The Morgan fingerprint density at radius 1 is 1.06 bits per heavy atom. The van der Waals surface area contributed by atoms with Gasteiger partial charge in [0.05, 0.1) is 5.02 Å². The molecule has 1 nitrogen and oxygen atoms in total. The van der Waals surface area contributed by atoms with Crippen LogP contribution >= 0.6 is 11.6 Å². The van der Waals surface area contributed by atoms with E-state index in [0.717, 1.165) is 55.1 Å². The van der Waals surface area contributed by atoms with Crippen LogP contribution in [0.2, 0.25) is 5.02 Å². The van der Waals surface area contributed by atoms with Gasteiger partial charge in [0.25, 0.3) is 0 Å². The summed E-state index contributed by atoms with van der Waals surface area (Å²) in [7, 11) is 0. The van der Waals surface area contributed by atoms with Crippen LogP contribution in [0.1, 0.15) is 87.5 Å². The highest BCUT2D eigenvalue weighted by Gasteiger charge is 2.22. The third kappa shape index (κ3) is 7.22. The number of aryl methyl sites for hydroxylation is 1. The van der Waals surface area contributed by atoms with Gasteiger partial charge in [-0.25, -0.2) is 4.39 Å². The minimum Gasteiger partial charge on any atom is -0.371 e. The molecule has 3 rings (SSSR count). The zero-order valence-corrected chi connectivity index (χ0v) is 22.1. The fraction of sp³-hybridized carbons (Fsp3) is 0.484. The molecule has 0 amide bonds. The molecule has 0 atom stereocenters. The van der Waals surface area contributed by atoms with Crippen LogP contribution in [0.15, 0.2) is 49.1 Å². The van der Waals surface area contributed by atoms with Gasteiger partial charge < -0.3 is 4.90 Å². The smallest absolute Gasteiger partial charge is 0.123 e. The SMILES string of the molecule is C=C(c1cc(/C(=C\C)CCCCCCC)c(C)cc1Cl)N1CCC(Cc2ccc(F)cc2)CC1. The van der Waals surface area contributed by atoms with Crippen LogP contribution in [-0.2, 0) is 6.42 Å². The molecule has 0 radical (unpaired) electrons. The van der Waals surface area contributed by atoms with Gasteiger partial charge in [0.1, 0.15) is 5.82 Å². The number of nitrogens with zero attached hydrogens (tertiary/aromatic N) is 1. The van der Waals surface area contributed by atoms with E-state index < -0.39 is 0 Å². The van der Waals surface area contributed by atoms with Gasteiger partial charge in [0, 0.05) is 24.4 Å². The molecule has 2 aromatic rings. The van der Waals surface area contributed by atoms with Crippen LogP contribution in [0.3, 0.4) is 0 Å². The molecule has 1 aliphatic heterocycles. The van der Waals surface area contributed by atoms with Crippen molar-refractivity contribution in [1.29, 1.82) is 0 Å². The Bertz CT molecular complexity index is 968. The monoisotopic (exact) mass is 481 g/mol. The average molecular weight is 482 g/mol. The summed E-state index contributed by atoms with van der Waals surface area (Å²) in [5.74, 6) is 0.461. The largest absolute Gasteiger partial charge is 0.371 e. The standard InChI is InChI=1S/C31H41ClFN/c1-5-7-8-9-10-11-27(6-2)29-22-30(31(32)20-23(29)3)24(4)34-18-16-26(17-19-34)21-25-12-14-28(33)15-13-25/h6,12-15,20,22,26H,4-5,7-11,16-19,21H2,1-3H3/b27-6-. The summed E-state index contributed by atoms with van der Waals surface area (Å²) in [6.07, 6.45) is 13.1. The van der Waals surface area contributed by atoms with E-state index in [1.807, 2.05) is 12.1 Å². The number of piperidine rings is 1. The van der Waals surface area contributed by atoms with Crippen LogP contribution in [0, 0.1) is 18.7 Å². The Balaban J connectivity index is 1.63. The van der Waals surface area contributed by atoms with E-state index in [-0.39, 0.29) is 5.82 Å². The lowest BCUT2D eigenvalue weighted by molar-refractivity contribution is 0.254. The lowest BCUT2D eigenvalue weighted by Crippen LogP contribution is -2.33. The molecule has 1 aliphatic rings. The summed E-state index contributed by atoms with van der Waals surface area (Å²) in [6.45, 7) is 13.0.